The van der Waals surface area contributed by atoms with Gasteiger partial charge in [0.25, 0.3) is 0 Å². The summed E-state index contributed by atoms with van der Waals surface area (Å²) in [5, 5.41) is 14.8. The van der Waals surface area contributed by atoms with Gasteiger partial charge in [0.05, 0.1) is 39.6 Å². The van der Waals surface area contributed by atoms with Gasteiger partial charge in [0.2, 0.25) is 0 Å². The van der Waals surface area contributed by atoms with Crippen molar-refractivity contribution in [1.82, 2.24) is 15.5 Å². The molecule has 3 aromatic rings. The summed E-state index contributed by atoms with van der Waals surface area (Å²) in [6.45, 7) is 6.62. The maximum absolute atomic E-state index is 12.1. The summed E-state index contributed by atoms with van der Waals surface area (Å²) < 4.78 is 29.2. The summed E-state index contributed by atoms with van der Waals surface area (Å²) in [7, 11) is 3.32. The van der Waals surface area contributed by atoms with Crippen LogP contribution < -0.4 is 20.1 Å². The number of urea groups is 1. The molecule has 3 aromatic carbocycles. The second-order valence-electron chi connectivity index (χ2n) is 11.9. The van der Waals surface area contributed by atoms with Gasteiger partial charge in [-0.3, -0.25) is 9.69 Å². The molecule has 2 amide bonds. The molecule has 1 saturated heterocycles. The first-order valence-corrected chi connectivity index (χ1v) is 16.0. The number of methoxy groups -OCH3 is 2. The Bertz CT molecular complexity index is 1500. The zero-order chi connectivity index (χ0) is 33.3. The molecule has 11 nitrogen and oxygen atoms in total. The lowest BCUT2D eigenvalue weighted by Gasteiger charge is -2.43. The van der Waals surface area contributed by atoms with Crippen molar-refractivity contribution in [3.63, 3.8) is 0 Å². The lowest BCUT2D eigenvalue weighted by molar-refractivity contribution is -0.276. The number of carbonyl (C=O) groups excluding carboxylic acids is 2. The van der Waals surface area contributed by atoms with Crippen LogP contribution in [0.15, 0.2) is 60.7 Å². The van der Waals surface area contributed by atoms with Crippen molar-refractivity contribution >= 4 is 12.0 Å². The van der Waals surface area contributed by atoms with Crippen LogP contribution in [-0.4, -0.2) is 68.6 Å². The van der Waals surface area contributed by atoms with Crippen LogP contribution in [-0.2, 0) is 45.1 Å². The summed E-state index contributed by atoms with van der Waals surface area (Å²) >= 11 is 0. The van der Waals surface area contributed by atoms with Gasteiger partial charge in [-0.05, 0) is 53.3 Å². The van der Waals surface area contributed by atoms with E-state index >= 15 is 0 Å². The first-order chi connectivity index (χ1) is 22.8. The molecule has 1 fully saturated rings. The standard InChI is InChI=1S/C36H45N3O8/c1-5-45-33(41)19-38-36(42)37-18-24-6-12-27(13-7-24)35-46-32(23(2)34(47-35)26-10-8-25(22-40)9-11-26)21-39-15-14-28-16-30(43-3)31(44-4)17-29(28)20-39/h6-13,16-17,23,32,34-35,40H,5,14-15,18-22H2,1-4H3,(H2,37,38,42)/t23-,32+,34+,35+/m0/s1. The summed E-state index contributed by atoms with van der Waals surface area (Å²) in [4.78, 5) is 26.0. The largest absolute Gasteiger partial charge is 0.493 e. The smallest absolute Gasteiger partial charge is 0.325 e. The van der Waals surface area contributed by atoms with E-state index < -0.39 is 18.3 Å². The van der Waals surface area contributed by atoms with Crippen LogP contribution in [0.5, 0.6) is 11.5 Å². The van der Waals surface area contributed by atoms with Crippen molar-refractivity contribution < 1.29 is 38.4 Å². The van der Waals surface area contributed by atoms with E-state index in [1.165, 1.54) is 11.1 Å². The second-order valence-corrected chi connectivity index (χ2v) is 11.9. The highest BCUT2D eigenvalue weighted by molar-refractivity contribution is 5.80. The normalized spacial score (nSPS) is 21.0. The van der Waals surface area contributed by atoms with E-state index in [1.54, 1.807) is 21.1 Å². The van der Waals surface area contributed by atoms with Crippen LogP contribution >= 0.6 is 0 Å². The first-order valence-electron chi connectivity index (χ1n) is 16.0. The van der Waals surface area contributed by atoms with Gasteiger partial charge in [0.1, 0.15) is 6.54 Å². The molecule has 0 aromatic heterocycles. The molecular formula is C36H45N3O8. The number of aliphatic hydroxyl groups is 1. The molecule has 2 aliphatic heterocycles. The van der Waals surface area contributed by atoms with E-state index in [1.807, 2.05) is 48.5 Å². The van der Waals surface area contributed by atoms with Gasteiger partial charge in [-0.25, -0.2) is 4.79 Å². The van der Waals surface area contributed by atoms with E-state index in [9.17, 15) is 14.7 Å². The molecular weight excluding hydrogens is 602 g/mol. The average molecular weight is 648 g/mol. The molecule has 2 aliphatic rings. The van der Waals surface area contributed by atoms with Gasteiger partial charge < -0.3 is 39.4 Å². The zero-order valence-corrected chi connectivity index (χ0v) is 27.5. The molecule has 0 radical (unpaired) electrons. The number of esters is 1. The Morgan fingerprint density at radius 2 is 1.57 bits per heavy atom. The topological polar surface area (TPSA) is 128 Å². The highest BCUT2D eigenvalue weighted by Crippen LogP contribution is 2.42. The van der Waals surface area contributed by atoms with Crippen molar-refractivity contribution in [3.05, 3.63) is 94.0 Å². The molecule has 3 N–H and O–H groups in total. The van der Waals surface area contributed by atoms with Gasteiger partial charge >= 0.3 is 12.0 Å². The number of amides is 2. The van der Waals surface area contributed by atoms with E-state index in [4.69, 9.17) is 23.7 Å². The number of nitrogens with zero attached hydrogens (tertiary/aromatic N) is 1. The van der Waals surface area contributed by atoms with Crippen molar-refractivity contribution in [3.8, 4) is 11.5 Å². The summed E-state index contributed by atoms with van der Waals surface area (Å²) in [6, 6.07) is 19.4. The number of ether oxygens (including phenoxy) is 5. The lowest BCUT2D eigenvalue weighted by atomic mass is 9.89. The minimum Gasteiger partial charge on any atom is -0.493 e. The Balaban J connectivity index is 1.29. The van der Waals surface area contributed by atoms with Gasteiger partial charge in [0, 0.05) is 37.7 Å². The van der Waals surface area contributed by atoms with E-state index in [2.05, 4.69) is 34.6 Å². The van der Waals surface area contributed by atoms with Gasteiger partial charge in [0.15, 0.2) is 17.8 Å². The van der Waals surface area contributed by atoms with Crippen LogP contribution in [0, 0.1) is 5.92 Å². The number of carbonyl (C=O) groups is 2. The SMILES string of the molecule is CCOC(=O)CNC(=O)NCc1ccc([C@@H]2O[C@H](CN3CCc4cc(OC)c(OC)cc4C3)[C@H](C)[C@H](c3ccc(CO)cc3)O2)cc1. The Hall–Kier alpha value is -4.16. The number of rotatable bonds is 12. The third-order valence-electron chi connectivity index (χ3n) is 8.76. The number of benzene rings is 3. The molecule has 0 spiro atoms. The minimum atomic E-state index is -0.602. The second kappa shape index (κ2) is 16.1. The Kier molecular flexibility index (Phi) is 11.7. The van der Waals surface area contributed by atoms with Crippen LogP contribution in [0.3, 0.4) is 0 Å². The minimum absolute atomic E-state index is 0.0168. The molecule has 0 aliphatic carbocycles. The molecule has 4 atom stereocenters. The van der Waals surface area contributed by atoms with Gasteiger partial charge in [-0.1, -0.05) is 55.5 Å². The Morgan fingerprint density at radius 3 is 2.23 bits per heavy atom. The lowest BCUT2D eigenvalue weighted by Crippen LogP contribution is -2.45. The molecule has 47 heavy (non-hydrogen) atoms. The monoisotopic (exact) mass is 647 g/mol. The van der Waals surface area contributed by atoms with E-state index in [0.717, 1.165) is 59.8 Å². The average Bonchev–Trinajstić information content (AvgIpc) is 3.10. The fraction of sp³-hybridized carbons (Fsp3) is 0.444. The quantitative estimate of drug-likeness (QED) is 0.245. The maximum atomic E-state index is 12.1. The maximum Gasteiger partial charge on any atom is 0.325 e. The van der Waals surface area contributed by atoms with E-state index in [0.29, 0.717) is 0 Å². The molecule has 11 heteroatoms. The fourth-order valence-electron chi connectivity index (χ4n) is 6.08. The van der Waals surface area contributed by atoms with E-state index in [-0.39, 0.29) is 44.4 Å². The summed E-state index contributed by atoms with van der Waals surface area (Å²) in [6.07, 6.45) is -0.0474. The third-order valence-corrected chi connectivity index (χ3v) is 8.76. The third kappa shape index (κ3) is 8.61. The van der Waals surface area contributed by atoms with Gasteiger partial charge in [-0.15, -0.1) is 0 Å². The van der Waals surface area contributed by atoms with Crippen molar-refractivity contribution in [1.29, 1.82) is 0 Å². The number of aliphatic hydroxyl groups excluding tert-OH is 1. The van der Waals surface area contributed by atoms with Crippen LogP contribution in [0.2, 0.25) is 0 Å². The Labute approximate surface area is 276 Å². The molecule has 252 valence electrons. The molecule has 5 rings (SSSR count). The van der Waals surface area contributed by atoms with Crippen LogP contribution in [0.1, 0.15) is 59.6 Å². The van der Waals surface area contributed by atoms with Crippen LogP contribution in [0.4, 0.5) is 4.79 Å². The predicted molar refractivity (Wildman–Crippen MR) is 175 cm³/mol. The summed E-state index contributed by atoms with van der Waals surface area (Å²) in [5.41, 5.74) is 6.12. The fourth-order valence-corrected chi connectivity index (χ4v) is 6.08. The molecule has 2 heterocycles. The zero-order valence-electron chi connectivity index (χ0n) is 27.5. The Morgan fingerprint density at radius 1 is 0.915 bits per heavy atom. The van der Waals surface area contributed by atoms with Crippen molar-refractivity contribution in [2.45, 2.75) is 58.5 Å². The molecule has 0 bridgehead atoms. The number of hydrogen-bond acceptors (Lipinski definition) is 9. The summed E-state index contributed by atoms with van der Waals surface area (Å²) in [5.74, 6) is 1.04. The highest BCUT2D eigenvalue weighted by atomic mass is 16.7. The highest BCUT2D eigenvalue weighted by Gasteiger charge is 2.39. The number of hydrogen-bond donors (Lipinski definition) is 3. The van der Waals surface area contributed by atoms with Crippen LogP contribution in [0.25, 0.3) is 0 Å². The van der Waals surface area contributed by atoms with Gasteiger partial charge in [-0.2, -0.15) is 0 Å². The van der Waals surface area contributed by atoms with Crippen molar-refractivity contribution in [2.75, 3.05) is 40.5 Å². The molecule has 0 saturated carbocycles. The number of fused-ring (bicyclic) bond motifs is 1. The molecule has 0 unspecified atom stereocenters. The first kappa shape index (κ1) is 34.2. The number of nitrogens with one attached hydrogen (secondary N) is 2. The van der Waals surface area contributed by atoms with Crippen molar-refractivity contribution in [2.24, 2.45) is 5.92 Å². The predicted octanol–water partition coefficient (Wildman–Crippen LogP) is 4.41.